The molecule has 0 saturated heterocycles. The maximum absolute atomic E-state index is 12.5. The summed E-state index contributed by atoms with van der Waals surface area (Å²) >= 11 is 0. The molecule has 0 aliphatic heterocycles. The minimum absolute atomic E-state index is 0.233. The second-order valence-corrected chi connectivity index (χ2v) is 16.4. The first-order chi connectivity index (χ1) is 27.7. The molecule has 8 heteroatoms. The van der Waals surface area contributed by atoms with Gasteiger partial charge in [-0.2, -0.15) is 0 Å². The van der Waals surface area contributed by atoms with Gasteiger partial charge in [-0.15, -0.1) is 0 Å². The average Bonchev–Trinajstić information content (AvgIpc) is 3.17. The van der Waals surface area contributed by atoms with Crippen molar-refractivity contribution < 1.29 is 28.6 Å². The Balaban J connectivity index is 4.17. The van der Waals surface area contributed by atoms with Crippen LogP contribution >= 0.6 is 0 Å². The third-order valence-corrected chi connectivity index (χ3v) is 9.58. The predicted molar refractivity (Wildman–Crippen MR) is 241 cm³/mol. The van der Waals surface area contributed by atoms with Gasteiger partial charge in [-0.1, -0.05) is 140 Å². The molecule has 57 heavy (non-hydrogen) atoms. The van der Waals surface area contributed by atoms with Gasteiger partial charge in [0.05, 0.1) is 26.1 Å². The molecule has 0 unspecified atom stereocenters. The highest BCUT2D eigenvalue weighted by atomic mass is 16.6. The Labute approximate surface area is 351 Å². The monoisotopic (exact) mass is 801 g/mol. The molecule has 0 aliphatic rings. The van der Waals surface area contributed by atoms with E-state index in [1.54, 1.807) is 0 Å². The van der Waals surface area contributed by atoms with Crippen molar-refractivity contribution in [3.05, 3.63) is 48.6 Å². The lowest BCUT2D eigenvalue weighted by Gasteiger charge is -2.23. The van der Waals surface area contributed by atoms with E-state index in [2.05, 4.69) is 67.8 Å². The lowest BCUT2D eigenvalue weighted by molar-refractivity contribution is -0.144. The number of esters is 2. The second kappa shape index (κ2) is 41.3. The lowest BCUT2D eigenvalue weighted by Crippen LogP contribution is -2.39. The Morgan fingerprint density at radius 2 is 0.860 bits per heavy atom. The van der Waals surface area contributed by atoms with Gasteiger partial charge in [0, 0.05) is 26.2 Å². The van der Waals surface area contributed by atoms with E-state index in [1.807, 2.05) is 25.7 Å². The van der Waals surface area contributed by atoms with Gasteiger partial charge < -0.3 is 24.4 Å². The summed E-state index contributed by atoms with van der Waals surface area (Å²) in [6.07, 6.45) is 46.4. The molecular weight excluding hydrogens is 713 g/mol. The zero-order chi connectivity index (χ0) is 41.9. The molecule has 330 valence electrons. The van der Waals surface area contributed by atoms with E-state index in [4.69, 9.17) is 14.2 Å². The van der Waals surface area contributed by atoms with Crippen molar-refractivity contribution in [3.8, 4) is 0 Å². The molecule has 1 N–H and O–H groups in total. The number of nitrogens with zero attached hydrogens (tertiary/aromatic N) is 1. The number of rotatable bonds is 39. The van der Waals surface area contributed by atoms with Gasteiger partial charge in [0.1, 0.15) is 5.60 Å². The van der Waals surface area contributed by atoms with Gasteiger partial charge >= 0.3 is 18.0 Å². The Morgan fingerprint density at radius 1 is 0.491 bits per heavy atom. The summed E-state index contributed by atoms with van der Waals surface area (Å²) in [4.78, 5) is 39.2. The summed E-state index contributed by atoms with van der Waals surface area (Å²) in [7, 11) is 0. The first-order valence-electron chi connectivity index (χ1n) is 23.3. The Kier molecular flexibility index (Phi) is 39.2. The minimum Gasteiger partial charge on any atom is -0.466 e. The highest BCUT2D eigenvalue weighted by Gasteiger charge is 2.17. The molecule has 0 aromatic heterocycles. The van der Waals surface area contributed by atoms with Crippen LogP contribution in [-0.2, 0) is 23.8 Å². The van der Waals surface area contributed by atoms with Gasteiger partial charge in [-0.3, -0.25) is 9.59 Å². The van der Waals surface area contributed by atoms with Crippen LogP contribution < -0.4 is 5.32 Å². The lowest BCUT2D eigenvalue weighted by atomic mass is 10.1. The number of allylic oxidation sites excluding steroid dienone is 8. The number of hydrogen-bond acceptors (Lipinski definition) is 7. The number of ether oxygens (including phenoxy) is 3. The molecule has 0 atom stereocenters. The maximum Gasteiger partial charge on any atom is 0.407 e. The van der Waals surface area contributed by atoms with Crippen molar-refractivity contribution >= 4 is 18.0 Å². The summed E-state index contributed by atoms with van der Waals surface area (Å²) in [5, 5.41) is 2.77. The van der Waals surface area contributed by atoms with Gasteiger partial charge in [-0.05, 0) is 97.8 Å². The maximum atomic E-state index is 12.5. The third kappa shape index (κ3) is 44.1. The summed E-state index contributed by atoms with van der Waals surface area (Å²) in [6, 6.07) is 0. The molecule has 0 bridgehead atoms. The molecular formula is C49H88N2O6. The molecule has 0 aliphatic carbocycles. The number of hydrogen-bond donors (Lipinski definition) is 1. The standard InChI is InChI=1S/C49H88N2O6/c1-6-8-10-12-14-16-18-20-22-24-26-28-30-32-34-36-44-55-46(52)38-41-51(43-40-50-48(54)57-49(3,4)5)42-39-47(53)56-45-37-35-33-31-29-27-25-23-21-19-17-15-13-11-9-7-2/h14-17,20-23H,6-13,18-19,24-45H2,1-5H3,(H,50,54)/b16-14-,17-15-,22-20-,23-21-. The molecule has 8 nitrogen and oxygen atoms in total. The number of nitrogens with one attached hydrogen (secondary N) is 1. The van der Waals surface area contributed by atoms with Crippen LogP contribution in [0.4, 0.5) is 4.79 Å². The Morgan fingerprint density at radius 3 is 1.25 bits per heavy atom. The fourth-order valence-electron chi connectivity index (χ4n) is 6.16. The van der Waals surface area contributed by atoms with Crippen molar-refractivity contribution in [1.29, 1.82) is 0 Å². The van der Waals surface area contributed by atoms with Gasteiger partial charge in [0.15, 0.2) is 0 Å². The summed E-state index contributed by atoms with van der Waals surface area (Å²) < 4.78 is 16.4. The molecule has 0 spiro atoms. The first kappa shape index (κ1) is 54.1. The van der Waals surface area contributed by atoms with E-state index in [-0.39, 0.29) is 24.8 Å². The van der Waals surface area contributed by atoms with E-state index in [9.17, 15) is 14.4 Å². The van der Waals surface area contributed by atoms with Crippen molar-refractivity contribution in [2.24, 2.45) is 0 Å². The highest BCUT2D eigenvalue weighted by Crippen LogP contribution is 2.11. The molecule has 0 fully saturated rings. The summed E-state index contributed by atoms with van der Waals surface area (Å²) in [5.74, 6) is -0.467. The molecule has 0 radical (unpaired) electrons. The van der Waals surface area contributed by atoms with Gasteiger partial charge in [0.25, 0.3) is 0 Å². The van der Waals surface area contributed by atoms with Crippen LogP contribution in [0.25, 0.3) is 0 Å². The molecule has 0 heterocycles. The van der Waals surface area contributed by atoms with E-state index >= 15 is 0 Å². The summed E-state index contributed by atoms with van der Waals surface area (Å²) in [6.45, 7) is 12.5. The van der Waals surface area contributed by atoms with Crippen molar-refractivity contribution in [2.45, 2.75) is 207 Å². The third-order valence-electron chi connectivity index (χ3n) is 9.58. The second-order valence-electron chi connectivity index (χ2n) is 16.4. The average molecular weight is 801 g/mol. The molecule has 1 amide bonds. The fourth-order valence-corrected chi connectivity index (χ4v) is 6.16. The van der Waals surface area contributed by atoms with Crippen LogP contribution in [0.3, 0.4) is 0 Å². The number of alkyl carbamates (subject to hydrolysis) is 1. The normalized spacial score (nSPS) is 12.2. The minimum atomic E-state index is -0.582. The Hall–Kier alpha value is -2.87. The van der Waals surface area contributed by atoms with Crippen LogP contribution in [0, 0.1) is 0 Å². The number of carbonyl (C=O) groups excluding carboxylic acids is 3. The van der Waals surface area contributed by atoms with E-state index < -0.39 is 11.7 Å². The van der Waals surface area contributed by atoms with Gasteiger partial charge in [0.2, 0.25) is 0 Å². The Bertz CT molecular complexity index is 995. The van der Waals surface area contributed by atoms with Crippen molar-refractivity contribution in [2.75, 3.05) is 39.4 Å². The quantitative estimate of drug-likeness (QED) is 0.0286. The van der Waals surface area contributed by atoms with E-state index in [0.29, 0.717) is 39.4 Å². The number of amides is 1. The van der Waals surface area contributed by atoms with Crippen molar-refractivity contribution in [1.82, 2.24) is 10.2 Å². The fraction of sp³-hybridized carbons (Fsp3) is 0.776. The van der Waals surface area contributed by atoms with Crippen LogP contribution in [0.5, 0.6) is 0 Å². The van der Waals surface area contributed by atoms with Crippen LogP contribution in [0.1, 0.15) is 202 Å². The smallest absolute Gasteiger partial charge is 0.407 e. The number of carbonyl (C=O) groups is 3. The molecule has 0 aromatic rings. The van der Waals surface area contributed by atoms with Crippen LogP contribution in [-0.4, -0.2) is 67.9 Å². The first-order valence-corrected chi connectivity index (χ1v) is 23.3. The molecule has 0 aromatic carbocycles. The summed E-state index contributed by atoms with van der Waals surface area (Å²) in [5.41, 5.74) is -0.582. The zero-order valence-electron chi connectivity index (χ0n) is 37.6. The van der Waals surface area contributed by atoms with Crippen LogP contribution in [0.15, 0.2) is 48.6 Å². The molecule has 0 saturated carbocycles. The van der Waals surface area contributed by atoms with Crippen LogP contribution in [0.2, 0.25) is 0 Å². The zero-order valence-corrected chi connectivity index (χ0v) is 37.6. The van der Waals surface area contributed by atoms with E-state index in [1.165, 1.54) is 89.9 Å². The van der Waals surface area contributed by atoms with Crippen molar-refractivity contribution in [3.63, 3.8) is 0 Å². The SMILES string of the molecule is CCCCC/C=C\C/C=C\CCCCCCCCOC(=O)CCN(CCNC(=O)OC(C)(C)C)CCC(=O)OCCCCCCCC/C=C\C/C=C\CCCCC. The topological polar surface area (TPSA) is 94.2 Å². The molecule has 0 rings (SSSR count). The predicted octanol–water partition coefficient (Wildman–Crippen LogP) is 13.3. The van der Waals surface area contributed by atoms with E-state index in [0.717, 1.165) is 64.2 Å². The number of unbranched alkanes of at least 4 members (excludes halogenated alkanes) is 18. The largest absolute Gasteiger partial charge is 0.466 e. The highest BCUT2D eigenvalue weighted by molar-refractivity contribution is 5.70. The van der Waals surface area contributed by atoms with Gasteiger partial charge in [-0.25, -0.2) is 4.79 Å².